The fourth-order valence-electron chi connectivity index (χ4n) is 0.490. The van der Waals surface area contributed by atoms with Gasteiger partial charge in [0, 0.05) is 5.88 Å². The summed E-state index contributed by atoms with van der Waals surface area (Å²) in [6.45, 7) is 1.84. The molecule has 0 aliphatic rings. The lowest BCUT2D eigenvalue weighted by molar-refractivity contribution is 0.264. The number of alkyl halides is 1. The van der Waals surface area contributed by atoms with E-state index in [-0.39, 0.29) is 23.1 Å². The first-order valence-corrected chi connectivity index (χ1v) is 6.55. The third-order valence-corrected chi connectivity index (χ3v) is 3.16. The van der Waals surface area contributed by atoms with E-state index in [0.717, 1.165) is 6.26 Å². The Morgan fingerprint density at radius 2 is 2.15 bits per heavy atom. The van der Waals surface area contributed by atoms with Crippen LogP contribution in [0.15, 0.2) is 10.8 Å². The summed E-state index contributed by atoms with van der Waals surface area (Å²) in [7, 11) is -3.10. The summed E-state index contributed by atoms with van der Waals surface area (Å²) in [6, 6.07) is 0. The molecule has 0 amide bonds. The van der Waals surface area contributed by atoms with E-state index >= 15 is 0 Å². The third kappa shape index (κ3) is 6.64. The second-order valence-electron chi connectivity index (χ2n) is 1.96. The molecule has 0 aromatic carbocycles. The summed E-state index contributed by atoms with van der Waals surface area (Å²) in [5.74, 6) is 0.256. The maximum atomic E-state index is 11.6. The summed E-state index contributed by atoms with van der Waals surface area (Å²) in [5, 5.41) is 0. The van der Waals surface area contributed by atoms with Gasteiger partial charge in [0.25, 0.3) is 0 Å². The van der Waals surface area contributed by atoms with Gasteiger partial charge in [0.2, 0.25) is 0 Å². The molecule has 0 bridgehead atoms. The highest BCUT2D eigenvalue weighted by Gasteiger charge is 2.21. The van der Waals surface area contributed by atoms with Crippen LogP contribution in [0.2, 0.25) is 0 Å². The quantitative estimate of drug-likeness (QED) is 0.418. The first-order valence-electron chi connectivity index (χ1n) is 3.53. The zero-order valence-corrected chi connectivity index (χ0v) is 10.2. The second kappa shape index (κ2) is 6.97. The van der Waals surface area contributed by atoms with Gasteiger partial charge in [-0.15, -0.1) is 11.6 Å². The van der Waals surface area contributed by atoms with Crippen molar-refractivity contribution in [3.8, 4) is 0 Å². The van der Waals surface area contributed by atoms with Crippen LogP contribution in [0.1, 0.15) is 6.92 Å². The lowest BCUT2D eigenvalue weighted by Crippen LogP contribution is -1.97. The van der Waals surface area contributed by atoms with Gasteiger partial charge in [-0.2, -0.15) is 0 Å². The maximum absolute atomic E-state index is 11.6. The van der Waals surface area contributed by atoms with Crippen LogP contribution in [0.5, 0.6) is 0 Å². The largest absolute Gasteiger partial charge is 0.430 e. The fraction of sp³-hybridized carbons (Fsp3) is 0.667. The van der Waals surface area contributed by atoms with E-state index in [1.54, 1.807) is 6.92 Å². The van der Waals surface area contributed by atoms with E-state index < -0.39 is 7.60 Å². The zero-order chi connectivity index (χ0) is 10.3. The highest BCUT2D eigenvalue weighted by molar-refractivity contribution is 7.53. The number of rotatable bonds is 6. The van der Waals surface area contributed by atoms with Crippen molar-refractivity contribution in [2.45, 2.75) is 6.92 Å². The van der Waals surface area contributed by atoms with Crippen molar-refractivity contribution in [2.75, 3.05) is 18.6 Å². The molecule has 3 nitrogen and oxygen atoms in total. The molecule has 0 fully saturated rings. The van der Waals surface area contributed by atoms with Gasteiger partial charge in [-0.3, -0.25) is 4.52 Å². The molecular weight excluding hydrogens is 257 g/mol. The highest BCUT2D eigenvalue weighted by atomic mass is 35.5. The van der Waals surface area contributed by atoms with Gasteiger partial charge in [0.15, 0.2) is 0 Å². The molecule has 0 rings (SSSR count). The van der Waals surface area contributed by atoms with Crippen LogP contribution in [-0.2, 0) is 13.6 Å². The Morgan fingerprint density at radius 1 is 1.54 bits per heavy atom. The molecule has 0 N–H and O–H groups in total. The molecule has 7 heteroatoms. The summed E-state index contributed by atoms with van der Waals surface area (Å²) >= 11 is 15.9. The van der Waals surface area contributed by atoms with Crippen molar-refractivity contribution in [2.24, 2.45) is 0 Å². The van der Waals surface area contributed by atoms with E-state index in [1.807, 2.05) is 0 Å². The summed E-state index contributed by atoms with van der Waals surface area (Å²) in [6.07, 6.45) is 1.23. The Balaban J connectivity index is 4.12. The Bertz CT molecular complexity index is 215. The minimum atomic E-state index is -3.10. The normalized spacial score (nSPS) is 14.8. The Hall–Kier alpha value is 0.600. The van der Waals surface area contributed by atoms with E-state index in [2.05, 4.69) is 0 Å². The van der Waals surface area contributed by atoms with Crippen molar-refractivity contribution in [3.05, 3.63) is 10.8 Å². The molecule has 0 heterocycles. The van der Waals surface area contributed by atoms with Crippen molar-refractivity contribution in [1.82, 2.24) is 0 Å². The SMILES string of the molecule is CCP(=O)(OC=C(Cl)Cl)OCCCl. The van der Waals surface area contributed by atoms with E-state index in [0.29, 0.717) is 0 Å². The van der Waals surface area contributed by atoms with Crippen LogP contribution in [-0.4, -0.2) is 18.6 Å². The maximum Gasteiger partial charge on any atom is 0.378 e. The van der Waals surface area contributed by atoms with E-state index in [1.165, 1.54) is 0 Å². The van der Waals surface area contributed by atoms with Crippen LogP contribution < -0.4 is 0 Å². The molecule has 0 saturated heterocycles. The molecule has 1 unspecified atom stereocenters. The highest BCUT2D eigenvalue weighted by Crippen LogP contribution is 2.48. The van der Waals surface area contributed by atoms with Gasteiger partial charge in [0.05, 0.1) is 12.8 Å². The van der Waals surface area contributed by atoms with E-state index in [4.69, 9.17) is 43.9 Å². The minimum absolute atomic E-state index is 0.108. The molecule has 0 aliphatic carbocycles. The molecule has 13 heavy (non-hydrogen) atoms. The van der Waals surface area contributed by atoms with Gasteiger partial charge < -0.3 is 4.52 Å². The van der Waals surface area contributed by atoms with Crippen LogP contribution in [0.25, 0.3) is 0 Å². The van der Waals surface area contributed by atoms with Gasteiger partial charge >= 0.3 is 7.60 Å². The third-order valence-electron chi connectivity index (χ3n) is 1.05. The molecule has 0 radical (unpaired) electrons. The minimum Gasteiger partial charge on any atom is -0.430 e. The van der Waals surface area contributed by atoms with Crippen LogP contribution >= 0.6 is 42.4 Å². The van der Waals surface area contributed by atoms with Crippen molar-refractivity contribution in [1.29, 1.82) is 0 Å². The molecule has 0 saturated carbocycles. The summed E-state index contributed by atoms with van der Waals surface area (Å²) in [5.41, 5.74) is 0. The topological polar surface area (TPSA) is 35.5 Å². The van der Waals surface area contributed by atoms with Crippen LogP contribution in [0.3, 0.4) is 0 Å². The number of hydrogen-bond acceptors (Lipinski definition) is 3. The fourth-order valence-corrected chi connectivity index (χ4v) is 1.92. The zero-order valence-electron chi connectivity index (χ0n) is 7.00. The van der Waals surface area contributed by atoms with Crippen molar-refractivity contribution in [3.63, 3.8) is 0 Å². The predicted octanol–water partition coefficient (Wildman–Crippen LogP) is 3.75. The molecule has 0 aromatic rings. The summed E-state index contributed by atoms with van der Waals surface area (Å²) < 4.78 is 21.2. The molecule has 0 aromatic heterocycles. The molecule has 0 spiro atoms. The lowest BCUT2D eigenvalue weighted by atomic mass is 10.9. The first kappa shape index (κ1) is 13.6. The van der Waals surface area contributed by atoms with Crippen molar-refractivity contribution >= 4 is 42.4 Å². The standard InChI is InChI=1S/C6H10Cl3O3P/c1-2-13(10,11-4-3-7)12-5-6(8)9/h5H,2-4H2,1H3. The molecule has 1 atom stereocenters. The molecular formula is C6H10Cl3O3P. The predicted molar refractivity (Wildman–Crippen MR) is 55.7 cm³/mol. The first-order chi connectivity index (χ1) is 6.04. The van der Waals surface area contributed by atoms with E-state index in [9.17, 15) is 4.57 Å². The van der Waals surface area contributed by atoms with Gasteiger partial charge in [0.1, 0.15) is 10.8 Å². The van der Waals surface area contributed by atoms with Gasteiger partial charge in [-0.05, 0) is 0 Å². The van der Waals surface area contributed by atoms with Crippen molar-refractivity contribution < 1.29 is 13.6 Å². The Kier molecular flexibility index (Phi) is 7.29. The van der Waals surface area contributed by atoms with Gasteiger partial charge in [-0.1, -0.05) is 30.1 Å². The summed E-state index contributed by atoms with van der Waals surface area (Å²) in [4.78, 5) is 0. The number of halogens is 3. The number of hydrogen-bond donors (Lipinski definition) is 0. The van der Waals surface area contributed by atoms with Gasteiger partial charge in [-0.25, -0.2) is 4.57 Å². The smallest absolute Gasteiger partial charge is 0.378 e. The average molecular weight is 267 g/mol. The van der Waals surface area contributed by atoms with Crippen LogP contribution in [0, 0.1) is 0 Å². The molecule has 78 valence electrons. The van der Waals surface area contributed by atoms with Crippen LogP contribution in [0.4, 0.5) is 0 Å². The average Bonchev–Trinajstić information content (AvgIpc) is 2.11. The monoisotopic (exact) mass is 266 g/mol. The lowest BCUT2D eigenvalue weighted by Gasteiger charge is -2.14. The molecule has 0 aliphatic heterocycles. The Morgan fingerprint density at radius 3 is 2.54 bits per heavy atom. The Labute approximate surface area is 92.5 Å². The second-order valence-corrected chi connectivity index (χ2v) is 5.67.